The predicted molar refractivity (Wildman–Crippen MR) is 117 cm³/mol. The fraction of sp³-hybridized carbons (Fsp3) is 0.273. The van der Waals surface area contributed by atoms with E-state index in [1.54, 1.807) is 0 Å². The number of hydrogen-bond donors (Lipinski definition) is 2. The smallest absolute Gasteiger partial charge is 0.325 e. The number of piperazine rings is 1. The molecule has 0 saturated carbocycles. The molecule has 1 saturated heterocycles. The Hall–Kier alpha value is -2.90. The number of benzene rings is 2. The van der Waals surface area contributed by atoms with Crippen LogP contribution in [0.15, 0.2) is 48.5 Å². The average Bonchev–Trinajstić information content (AvgIpc) is 3.30. The number of rotatable bonds is 4. The number of nitrogens with zero attached hydrogens (tertiary/aromatic N) is 3. The first-order valence-corrected chi connectivity index (χ1v) is 10.5. The van der Waals surface area contributed by atoms with E-state index in [1.807, 2.05) is 43.3 Å². The van der Waals surface area contributed by atoms with Gasteiger partial charge in [0.15, 0.2) is 0 Å². The van der Waals surface area contributed by atoms with Crippen LogP contribution in [0, 0.1) is 6.92 Å². The van der Waals surface area contributed by atoms with Gasteiger partial charge in [-0.1, -0.05) is 30.3 Å². The summed E-state index contributed by atoms with van der Waals surface area (Å²) in [4.78, 5) is 20.0. The molecule has 5 rings (SSSR count). The lowest BCUT2D eigenvalue weighted by Gasteiger charge is -2.38. The minimum Gasteiger partial charge on any atom is -0.480 e. The first kappa shape index (κ1) is 18.1. The molecule has 7 heteroatoms. The van der Waals surface area contributed by atoms with Gasteiger partial charge >= 0.3 is 5.97 Å². The van der Waals surface area contributed by atoms with Crippen LogP contribution in [0.4, 0.5) is 5.82 Å². The molecule has 4 aromatic rings. The third kappa shape index (κ3) is 3.07. The van der Waals surface area contributed by atoms with Crippen LogP contribution in [0.25, 0.3) is 21.0 Å². The van der Waals surface area contributed by atoms with Gasteiger partial charge in [0.2, 0.25) is 0 Å². The summed E-state index contributed by atoms with van der Waals surface area (Å²) < 4.78 is 5.84. The van der Waals surface area contributed by atoms with Crippen molar-refractivity contribution < 1.29 is 9.90 Å². The van der Waals surface area contributed by atoms with Gasteiger partial charge < -0.3 is 15.0 Å². The van der Waals surface area contributed by atoms with Gasteiger partial charge in [-0.2, -0.15) is 4.37 Å². The zero-order chi connectivity index (χ0) is 20.0. The number of carboxylic acids is 1. The summed E-state index contributed by atoms with van der Waals surface area (Å²) in [5, 5.41) is 12.3. The zero-order valence-corrected chi connectivity index (χ0v) is 16.9. The Morgan fingerprint density at radius 3 is 2.52 bits per heavy atom. The van der Waals surface area contributed by atoms with Crippen molar-refractivity contribution in [3.05, 3.63) is 59.8 Å². The number of aliphatic carboxylic acids is 1. The van der Waals surface area contributed by atoms with Crippen molar-refractivity contribution in [3.63, 3.8) is 0 Å². The minimum atomic E-state index is -0.801. The Balaban J connectivity index is 1.42. The third-order valence-electron chi connectivity index (χ3n) is 5.79. The van der Waals surface area contributed by atoms with Gasteiger partial charge in [-0.15, -0.1) is 0 Å². The molecule has 2 aromatic carbocycles. The summed E-state index contributed by atoms with van der Waals surface area (Å²) in [6.07, 6.45) is 0. The molecule has 0 aliphatic carbocycles. The minimum absolute atomic E-state index is 0.652. The van der Waals surface area contributed by atoms with E-state index in [0.717, 1.165) is 41.1 Å². The number of aromatic amines is 1. The molecular formula is C22H22N4O2S. The molecule has 1 aliphatic heterocycles. The molecule has 148 valence electrons. The normalized spacial score (nSPS) is 16.5. The van der Waals surface area contributed by atoms with Crippen LogP contribution in [-0.2, 0) is 4.79 Å². The molecule has 0 amide bonds. The van der Waals surface area contributed by atoms with Crippen molar-refractivity contribution in [2.45, 2.75) is 13.0 Å². The number of aromatic nitrogens is 2. The van der Waals surface area contributed by atoms with Crippen molar-refractivity contribution in [1.82, 2.24) is 14.3 Å². The highest BCUT2D eigenvalue weighted by molar-refractivity contribution is 7.13. The Kier molecular flexibility index (Phi) is 4.49. The second-order valence-electron chi connectivity index (χ2n) is 7.48. The molecule has 1 fully saturated rings. The van der Waals surface area contributed by atoms with Gasteiger partial charge in [-0.25, -0.2) is 0 Å². The average molecular weight is 407 g/mol. The lowest BCUT2D eigenvalue weighted by atomic mass is 10.0. The van der Waals surface area contributed by atoms with E-state index in [2.05, 4.69) is 31.3 Å². The molecule has 2 aromatic heterocycles. The Morgan fingerprint density at radius 1 is 1.07 bits per heavy atom. The summed E-state index contributed by atoms with van der Waals surface area (Å²) in [5.74, 6) is 0.214. The number of fused-ring (bicyclic) bond motifs is 2. The number of aryl methyl sites for hydroxylation is 1. The molecule has 0 bridgehead atoms. The van der Waals surface area contributed by atoms with E-state index in [9.17, 15) is 9.90 Å². The zero-order valence-electron chi connectivity index (χ0n) is 16.1. The highest BCUT2D eigenvalue weighted by Crippen LogP contribution is 2.34. The number of anilines is 1. The third-order valence-corrected chi connectivity index (χ3v) is 6.61. The predicted octanol–water partition coefficient (Wildman–Crippen LogP) is 4.03. The molecule has 0 radical (unpaired) electrons. The van der Waals surface area contributed by atoms with Crippen molar-refractivity contribution in [2.75, 3.05) is 31.1 Å². The quantitative estimate of drug-likeness (QED) is 0.535. The molecule has 0 spiro atoms. The van der Waals surface area contributed by atoms with E-state index >= 15 is 0 Å². The van der Waals surface area contributed by atoms with E-state index in [-0.39, 0.29) is 0 Å². The SMILES string of the molecule is Cc1[nH]c2ccccc2c1[C@@H](C(=O)O)N1CCN(c2nsc3ccccc23)CC1. The summed E-state index contributed by atoms with van der Waals surface area (Å²) in [6, 6.07) is 15.5. The van der Waals surface area contributed by atoms with E-state index in [0.29, 0.717) is 13.1 Å². The maximum absolute atomic E-state index is 12.3. The number of carboxylic acid groups (broad SMARTS) is 1. The number of H-pyrrole nitrogens is 1. The van der Waals surface area contributed by atoms with E-state index < -0.39 is 12.0 Å². The summed E-state index contributed by atoms with van der Waals surface area (Å²) in [5.41, 5.74) is 2.78. The number of hydrogen-bond acceptors (Lipinski definition) is 5. The molecule has 1 atom stereocenters. The second kappa shape index (κ2) is 7.17. The summed E-state index contributed by atoms with van der Waals surface area (Å²) >= 11 is 1.52. The number of para-hydroxylation sites is 1. The van der Waals surface area contributed by atoms with Gasteiger partial charge in [-0.3, -0.25) is 9.69 Å². The molecule has 1 aliphatic rings. The highest BCUT2D eigenvalue weighted by Gasteiger charge is 2.34. The van der Waals surface area contributed by atoms with E-state index in [1.165, 1.54) is 21.6 Å². The van der Waals surface area contributed by atoms with Crippen LogP contribution in [0.1, 0.15) is 17.3 Å². The molecule has 2 N–H and O–H groups in total. The highest BCUT2D eigenvalue weighted by atomic mass is 32.1. The van der Waals surface area contributed by atoms with E-state index in [4.69, 9.17) is 0 Å². The number of nitrogens with one attached hydrogen (secondary N) is 1. The van der Waals surface area contributed by atoms with Crippen LogP contribution >= 0.6 is 11.5 Å². The molecular weight excluding hydrogens is 384 g/mol. The van der Waals surface area contributed by atoms with Crippen molar-refractivity contribution in [1.29, 1.82) is 0 Å². The fourth-order valence-corrected chi connectivity index (χ4v) is 5.20. The maximum Gasteiger partial charge on any atom is 0.325 e. The standard InChI is InChI=1S/C22H22N4O2S/c1-14-19(15-6-2-4-8-17(15)23-14)20(22(27)28)25-10-12-26(13-11-25)21-16-7-3-5-9-18(16)29-24-21/h2-9,20,23H,10-13H2,1H3,(H,27,28)/t20-/m0/s1. The first-order valence-electron chi connectivity index (χ1n) is 9.77. The van der Waals surface area contributed by atoms with Crippen LogP contribution < -0.4 is 4.90 Å². The molecule has 0 unspecified atom stereocenters. The van der Waals surface area contributed by atoms with Gasteiger partial charge in [0.05, 0.1) is 4.70 Å². The van der Waals surface area contributed by atoms with Crippen LogP contribution in [-0.4, -0.2) is 51.5 Å². The number of carbonyl (C=O) groups is 1. The second-order valence-corrected chi connectivity index (χ2v) is 8.28. The fourth-order valence-electron chi connectivity index (χ4n) is 4.41. The largest absolute Gasteiger partial charge is 0.480 e. The monoisotopic (exact) mass is 406 g/mol. The first-order chi connectivity index (χ1) is 14.1. The van der Waals surface area contributed by atoms with Crippen LogP contribution in [0.3, 0.4) is 0 Å². The lowest BCUT2D eigenvalue weighted by Crippen LogP contribution is -2.49. The van der Waals surface area contributed by atoms with Crippen LogP contribution in [0.2, 0.25) is 0 Å². The van der Waals surface area contributed by atoms with Crippen molar-refractivity contribution >= 4 is 44.3 Å². The topological polar surface area (TPSA) is 72.5 Å². The van der Waals surface area contributed by atoms with Gasteiger partial charge in [0, 0.05) is 53.7 Å². The molecule has 6 nitrogen and oxygen atoms in total. The van der Waals surface area contributed by atoms with Gasteiger partial charge in [0.25, 0.3) is 0 Å². The molecule has 3 heterocycles. The van der Waals surface area contributed by atoms with Crippen molar-refractivity contribution in [2.24, 2.45) is 0 Å². The Morgan fingerprint density at radius 2 is 1.76 bits per heavy atom. The maximum atomic E-state index is 12.3. The summed E-state index contributed by atoms with van der Waals surface area (Å²) in [7, 11) is 0. The Bertz CT molecular complexity index is 1190. The lowest BCUT2D eigenvalue weighted by molar-refractivity contribution is -0.143. The molecule has 29 heavy (non-hydrogen) atoms. The van der Waals surface area contributed by atoms with Gasteiger partial charge in [0.1, 0.15) is 11.9 Å². The van der Waals surface area contributed by atoms with Gasteiger partial charge in [-0.05, 0) is 36.7 Å². The van der Waals surface area contributed by atoms with Crippen LogP contribution in [0.5, 0.6) is 0 Å². The van der Waals surface area contributed by atoms with Crippen molar-refractivity contribution in [3.8, 4) is 0 Å². The summed E-state index contributed by atoms with van der Waals surface area (Å²) in [6.45, 7) is 4.85. The Labute approximate surface area is 172 Å².